The Morgan fingerprint density at radius 1 is 1.30 bits per heavy atom. The predicted molar refractivity (Wildman–Crippen MR) is 95.8 cm³/mol. The minimum absolute atomic E-state index is 0.308. The van der Waals surface area contributed by atoms with Gasteiger partial charge in [-0.2, -0.15) is 11.8 Å². The van der Waals surface area contributed by atoms with E-state index in [9.17, 15) is 0 Å². The van der Waals surface area contributed by atoms with Crippen molar-refractivity contribution in [2.24, 2.45) is 5.41 Å². The summed E-state index contributed by atoms with van der Waals surface area (Å²) in [5.74, 6) is 2.23. The number of thioether (sulfide) groups is 1. The van der Waals surface area contributed by atoms with Crippen LogP contribution in [0.3, 0.4) is 0 Å². The minimum Gasteiger partial charge on any atom is -0.304 e. The Balaban J connectivity index is 1.57. The van der Waals surface area contributed by atoms with Gasteiger partial charge in [-0.15, -0.1) is 10.2 Å². The quantitative estimate of drug-likeness (QED) is 0.874. The van der Waals surface area contributed by atoms with Crippen LogP contribution < -0.4 is 5.32 Å². The van der Waals surface area contributed by atoms with Crippen LogP contribution in [0.1, 0.15) is 56.8 Å². The van der Waals surface area contributed by atoms with Crippen molar-refractivity contribution in [1.82, 2.24) is 19.9 Å². The lowest BCUT2D eigenvalue weighted by Gasteiger charge is -2.49. The molecule has 0 aromatic carbocycles. The summed E-state index contributed by atoms with van der Waals surface area (Å²) in [5.41, 5.74) is 1.54. The Hall–Kier alpha value is -1.07. The third-order valence-corrected chi connectivity index (χ3v) is 6.58. The molecule has 0 bridgehead atoms. The molecule has 4 rings (SSSR count). The summed E-state index contributed by atoms with van der Waals surface area (Å²) in [4.78, 5) is 0. The van der Waals surface area contributed by atoms with Crippen molar-refractivity contribution in [2.45, 2.75) is 57.0 Å². The maximum atomic E-state index is 4.52. The van der Waals surface area contributed by atoms with Crippen LogP contribution in [0.15, 0.2) is 24.4 Å². The number of hydrogen-bond donors (Lipinski definition) is 1. The molecule has 23 heavy (non-hydrogen) atoms. The fraction of sp³-hybridized carbons (Fsp3) is 0.667. The zero-order valence-corrected chi connectivity index (χ0v) is 14.7. The first-order chi connectivity index (χ1) is 11.3. The number of hydrogen-bond acceptors (Lipinski definition) is 4. The van der Waals surface area contributed by atoms with E-state index in [-0.39, 0.29) is 0 Å². The van der Waals surface area contributed by atoms with Gasteiger partial charge in [0.05, 0.1) is 6.04 Å². The largest absolute Gasteiger partial charge is 0.304 e. The minimum atomic E-state index is 0.308. The number of pyridine rings is 1. The van der Waals surface area contributed by atoms with Crippen molar-refractivity contribution < 1.29 is 0 Å². The lowest BCUT2D eigenvalue weighted by Crippen LogP contribution is -2.53. The Bertz CT molecular complexity index is 662. The molecule has 2 aliphatic carbocycles. The summed E-state index contributed by atoms with van der Waals surface area (Å²) >= 11 is 1.91. The Kier molecular flexibility index (Phi) is 4.33. The average molecular weight is 331 g/mol. The van der Waals surface area contributed by atoms with Crippen molar-refractivity contribution in [1.29, 1.82) is 0 Å². The molecule has 2 aliphatic rings. The third kappa shape index (κ3) is 2.78. The van der Waals surface area contributed by atoms with E-state index in [0.29, 0.717) is 17.5 Å². The van der Waals surface area contributed by atoms with E-state index in [1.165, 1.54) is 38.5 Å². The van der Waals surface area contributed by atoms with Crippen LogP contribution in [0.25, 0.3) is 5.65 Å². The molecule has 2 aromatic rings. The van der Waals surface area contributed by atoms with Crippen LogP contribution in [0.5, 0.6) is 0 Å². The number of nitrogens with one attached hydrogen (secondary N) is 1. The summed E-state index contributed by atoms with van der Waals surface area (Å²) in [7, 11) is 0. The zero-order valence-electron chi connectivity index (χ0n) is 13.9. The van der Waals surface area contributed by atoms with Crippen molar-refractivity contribution in [3.8, 4) is 0 Å². The van der Waals surface area contributed by atoms with Gasteiger partial charge >= 0.3 is 0 Å². The molecule has 2 aromatic heterocycles. The highest BCUT2D eigenvalue weighted by atomic mass is 32.2. The molecule has 2 fully saturated rings. The van der Waals surface area contributed by atoms with Gasteiger partial charge < -0.3 is 5.32 Å². The predicted octanol–water partition coefficient (Wildman–Crippen LogP) is 3.84. The fourth-order valence-corrected chi connectivity index (χ4v) is 4.97. The first kappa shape index (κ1) is 15.5. The topological polar surface area (TPSA) is 42.2 Å². The van der Waals surface area contributed by atoms with Crippen LogP contribution in [0.2, 0.25) is 0 Å². The second kappa shape index (κ2) is 6.44. The van der Waals surface area contributed by atoms with Gasteiger partial charge in [-0.3, -0.25) is 4.40 Å². The number of nitrogens with zero attached hydrogens (tertiary/aromatic N) is 3. The zero-order chi connectivity index (χ0) is 15.7. The molecule has 1 spiro atoms. The van der Waals surface area contributed by atoms with E-state index in [0.717, 1.165) is 23.6 Å². The van der Waals surface area contributed by atoms with E-state index in [1.807, 2.05) is 23.9 Å². The first-order valence-corrected chi connectivity index (χ1v) is 10.3. The first-order valence-electron chi connectivity index (χ1n) is 8.87. The average Bonchev–Trinajstić information content (AvgIpc) is 3.22. The Labute approximate surface area is 142 Å². The number of rotatable bonds is 6. The van der Waals surface area contributed by atoms with Crippen LogP contribution in [0.4, 0.5) is 0 Å². The molecule has 0 radical (unpaired) electrons. The van der Waals surface area contributed by atoms with Crippen molar-refractivity contribution >= 4 is 17.4 Å². The molecule has 5 heteroatoms. The summed E-state index contributed by atoms with van der Waals surface area (Å²) in [6.45, 7) is 0. The Morgan fingerprint density at radius 3 is 2.91 bits per heavy atom. The molecule has 0 saturated heterocycles. The SMILES string of the molecule is CSCC[C@H](N[C@@H]1CCC12CCCC2)c1nnc2ccccn12. The van der Waals surface area contributed by atoms with Gasteiger partial charge in [-0.05, 0) is 61.7 Å². The van der Waals surface area contributed by atoms with E-state index in [4.69, 9.17) is 0 Å². The van der Waals surface area contributed by atoms with Crippen LogP contribution in [0, 0.1) is 5.41 Å². The third-order valence-electron chi connectivity index (χ3n) is 5.93. The summed E-state index contributed by atoms with van der Waals surface area (Å²) in [6, 6.07) is 7.10. The standard InChI is InChI=1S/C18H26N4S/c1-23-13-8-14(17-21-20-16-6-2-5-12-22(16)17)19-15-7-11-18(15)9-3-4-10-18/h2,5-6,12,14-15,19H,3-4,7-11,13H2,1H3/t14-,15+/m0/s1. The molecule has 0 unspecified atom stereocenters. The smallest absolute Gasteiger partial charge is 0.160 e. The van der Waals surface area contributed by atoms with Crippen molar-refractivity contribution in [2.75, 3.05) is 12.0 Å². The molecule has 124 valence electrons. The van der Waals surface area contributed by atoms with E-state index < -0.39 is 0 Å². The highest BCUT2D eigenvalue weighted by molar-refractivity contribution is 7.98. The summed E-state index contributed by atoms with van der Waals surface area (Å²) in [5, 5.41) is 12.8. The molecular formula is C18H26N4S. The molecule has 0 aliphatic heterocycles. The van der Waals surface area contributed by atoms with Gasteiger partial charge in [-0.25, -0.2) is 0 Å². The van der Waals surface area contributed by atoms with Gasteiger partial charge in [0.25, 0.3) is 0 Å². The molecule has 0 amide bonds. The summed E-state index contributed by atoms with van der Waals surface area (Å²) in [6.07, 6.45) is 13.8. The second-order valence-electron chi connectivity index (χ2n) is 7.15. The van der Waals surface area contributed by atoms with Crippen molar-refractivity contribution in [3.63, 3.8) is 0 Å². The van der Waals surface area contributed by atoms with E-state index in [1.54, 1.807) is 0 Å². The normalized spacial score (nSPS) is 24.1. The summed E-state index contributed by atoms with van der Waals surface area (Å²) < 4.78 is 2.15. The number of fused-ring (bicyclic) bond motifs is 1. The molecule has 2 heterocycles. The lowest BCUT2D eigenvalue weighted by atomic mass is 9.63. The van der Waals surface area contributed by atoms with Gasteiger partial charge in [0, 0.05) is 12.2 Å². The lowest BCUT2D eigenvalue weighted by molar-refractivity contribution is 0.0620. The van der Waals surface area contributed by atoms with Gasteiger partial charge in [-0.1, -0.05) is 18.9 Å². The highest BCUT2D eigenvalue weighted by Crippen LogP contribution is 2.53. The van der Waals surface area contributed by atoms with Crippen molar-refractivity contribution in [3.05, 3.63) is 30.2 Å². The molecular weight excluding hydrogens is 304 g/mol. The highest BCUT2D eigenvalue weighted by Gasteiger charge is 2.48. The second-order valence-corrected chi connectivity index (χ2v) is 8.13. The number of aromatic nitrogens is 3. The van der Waals surface area contributed by atoms with Crippen LogP contribution >= 0.6 is 11.8 Å². The van der Waals surface area contributed by atoms with E-state index >= 15 is 0 Å². The Morgan fingerprint density at radius 2 is 2.17 bits per heavy atom. The molecule has 2 saturated carbocycles. The molecule has 2 atom stereocenters. The van der Waals surface area contributed by atoms with Gasteiger partial charge in [0.15, 0.2) is 11.5 Å². The van der Waals surface area contributed by atoms with Gasteiger partial charge in [0.2, 0.25) is 0 Å². The molecule has 4 nitrogen and oxygen atoms in total. The van der Waals surface area contributed by atoms with E-state index in [2.05, 4.69) is 38.4 Å². The van der Waals surface area contributed by atoms with Crippen LogP contribution in [-0.4, -0.2) is 32.6 Å². The fourth-order valence-electron chi connectivity index (χ4n) is 4.50. The monoisotopic (exact) mass is 330 g/mol. The molecule has 1 N–H and O–H groups in total. The van der Waals surface area contributed by atoms with Crippen LogP contribution in [-0.2, 0) is 0 Å². The maximum absolute atomic E-state index is 4.52. The maximum Gasteiger partial charge on any atom is 0.160 e. The van der Waals surface area contributed by atoms with Gasteiger partial charge in [0.1, 0.15) is 0 Å².